The highest BCUT2D eigenvalue weighted by atomic mass is 31.0. The maximum atomic E-state index is 9.11. The number of nitrogens with zero attached hydrogens (tertiary/aromatic N) is 1. The van der Waals surface area contributed by atoms with Gasteiger partial charge in [0.25, 0.3) is 0 Å². The van der Waals surface area contributed by atoms with E-state index in [1.54, 1.807) is 0 Å². The predicted octanol–water partition coefficient (Wildman–Crippen LogP) is 0.725. The van der Waals surface area contributed by atoms with Gasteiger partial charge in [-0.3, -0.25) is 4.67 Å². The molecule has 3 unspecified atom stereocenters. The molecule has 2 rings (SSSR count). The summed E-state index contributed by atoms with van der Waals surface area (Å²) in [6, 6.07) is 0.403. The SMILES string of the molecule is CC1(C)C2CN(P)[C@@H](CO)C21. The Morgan fingerprint density at radius 2 is 2.27 bits per heavy atom. The van der Waals surface area contributed by atoms with Crippen LogP contribution < -0.4 is 0 Å². The largest absolute Gasteiger partial charge is 0.395 e. The molecule has 0 amide bonds. The van der Waals surface area contributed by atoms with Gasteiger partial charge in [0, 0.05) is 12.6 Å². The third kappa shape index (κ3) is 0.898. The van der Waals surface area contributed by atoms with Crippen LogP contribution in [0.5, 0.6) is 0 Å². The van der Waals surface area contributed by atoms with Crippen LogP contribution in [-0.2, 0) is 0 Å². The molecule has 1 aliphatic heterocycles. The zero-order valence-electron chi connectivity index (χ0n) is 7.12. The van der Waals surface area contributed by atoms with E-state index < -0.39 is 0 Å². The molecule has 1 saturated carbocycles. The minimum atomic E-state index is 0.314. The van der Waals surface area contributed by atoms with E-state index in [2.05, 4.69) is 27.9 Å². The standard InChI is InChI=1S/C8H16NOP/c1-8(2)5-3-9(11)6(4-10)7(5)8/h5-7,10H,3-4,11H2,1-2H3/t5?,6-,7?/m0/s1. The average Bonchev–Trinajstić information content (AvgIpc) is 2.38. The van der Waals surface area contributed by atoms with Crippen molar-refractivity contribution < 1.29 is 5.11 Å². The van der Waals surface area contributed by atoms with Gasteiger partial charge in [-0.25, -0.2) is 0 Å². The molecule has 1 saturated heterocycles. The molecule has 4 atom stereocenters. The summed E-state index contributed by atoms with van der Waals surface area (Å²) in [6.45, 7) is 6.08. The molecule has 0 spiro atoms. The van der Waals surface area contributed by atoms with Crippen molar-refractivity contribution in [2.45, 2.75) is 19.9 Å². The quantitative estimate of drug-likeness (QED) is 0.591. The van der Waals surface area contributed by atoms with Gasteiger partial charge in [0.2, 0.25) is 0 Å². The van der Waals surface area contributed by atoms with Gasteiger partial charge in [-0.1, -0.05) is 23.2 Å². The number of aliphatic hydroxyl groups is 1. The van der Waals surface area contributed by atoms with Crippen molar-refractivity contribution in [1.29, 1.82) is 0 Å². The van der Waals surface area contributed by atoms with E-state index in [0.29, 0.717) is 18.1 Å². The van der Waals surface area contributed by atoms with Crippen molar-refractivity contribution in [2.75, 3.05) is 13.2 Å². The topological polar surface area (TPSA) is 23.5 Å². The molecule has 1 aliphatic carbocycles. The monoisotopic (exact) mass is 173 g/mol. The lowest BCUT2D eigenvalue weighted by molar-refractivity contribution is 0.181. The Balaban J connectivity index is 2.11. The number of hydrogen-bond donors (Lipinski definition) is 1. The second-order valence-corrected chi connectivity index (χ2v) is 5.06. The Hall–Kier alpha value is 0.350. The number of fused-ring (bicyclic) bond motifs is 1. The minimum Gasteiger partial charge on any atom is -0.395 e. The van der Waals surface area contributed by atoms with Crippen LogP contribution in [0.15, 0.2) is 0 Å². The van der Waals surface area contributed by atoms with Crippen LogP contribution in [0.1, 0.15) is 13.8 Å². The summed E-state index contributed by atoms with van der Waals surface area (Å²) in [7, 11) is 2.71. The van der Waals surface area contributed by atoms with Gasteiger partial charge in [0.1, 0.15) is 0 Å². The van der Waals surface area contributed by atoms with Crippen LogP contribution in [0.25, 0.3) is 0 Å². The molecule has 0 aromatic heterocycles. The van der Waals surface area contributed by atoms with Gasteiger partial charge in [-0.05, 0) is 17.3 Å². The highest BCUT2D eigenvalue weighted by Crippen LogP contribution is 2.65. The lowest BCUT2D eigenvalue weighted by Crippen LogP contribution is -2.31. The van der Waals surface area contributed by atoms with E-state index in [1.807, 2.05) is 0 Å². The summed E-state index contributed by atoms with van der Waals surface area (Å²) in [4.78, 5) is 0. The summed E-state index contributed by atoms with van der Waals surface area (Å²) in [5.74, 6) is 1.57. The van der Waals surface area contributed by atoms with Crippen molar-refractivity contribution in [3.8, 4) is 0 Å². The first-order valence-electron chi connectivity index (χ1n) is 4.21. The second-order valence-electron chi connectivity index (χ2n) is 4.40. The van der Waals surface area contributed by atoms with Crippen LogP contribution in [0.3, 0.4) is 0 Å². The molecule has 2 nitrogen and oxygen atoms in total. The fraction of sp³-hybridized carbons (Fsp3) is 1.00. The van der Waals surface area contributed by atoms with E-state index in [9.17, 15) is 0 Å². The molecule has 1 N–H and O–H groups in total. The summed E-state index contributed by atoms with van der Waals surface area (Å²) in [5.41, 5.74) is 0.500. The maximum Gasteiger partial charge on any atom is 0.0592 e. The van der Waals surface area contributed by atoms with E-state index >= 15 is 0 Å². The van der Waals surface area contributed by atoms with Crippen molar-refractivity contribution in [2.24, 2.45) is 17.3 Å². The van der Waals surface area contributed by atoms with E-state index in [-0.39, 0.29) is 0 Å². The summed E-state index contributed by atoms with van der Waals surface area (Å²) < 4.78 is 2.21. The van der Waals surface area contributed by atoms with Crippen molar-refractivity contribution >= 4 is 9.39 Å². The Morgan fingerprint density at radius 1 is 1.64 bits per heavy atom. The zero-order valence-corrected chi connectivity index (χ0v) is 8.27. The number of hydrogen-bond acceptors (Lipinski definition) is 2. The first kappa shape index (κ1) is 7.97. The van der Waals surface area contributed by atoms with Gasteiger partial charge in [0.05, 0.1) is 6.61 Å². The van der Waals surface area contributed by atoms with Gasteiger partial charge in [0.15, 0.2) is 0 Å². The molecule has 64 valence electrons. The maximum absolute atomic E-state index is 9.11. The van der Waals surface area contributed by atoms with E-state index in [1.165, 1.54) is 0 Å². The minimum absolute atomic E-state index is 0.314. The predicted molar refractivity (Wildman–Crippen MR) is 48.1 cm³/mol. The summed E-state index contributed by atoms with van der Waals surface area (Å²) in [5, 5.41) is 9.11. The number of piperidine rings is 1. The Kier molecular flexibility index (Phi) is 1.58. The highest BCUT2D eigenvalue weighted by molar-refractivity contribution is 7.13. The highest BCUT2D eigenvalue weighted by Gasteiger charge is 2.65. The molecule has 1 heterocycles. The average molecular weight is 173 g/mol. The van der Waals surface area contributed by atoms with Crippen LogP contribution in [0, 0.1) is 17.3 Å². The van der Waals surface area contributed by atoms with Crippen LogP contribution in [0.4, 0.5) is 0 Å². The fourth-order valence-electron chi connectivity index (χ4n) is 2.69. The van der Waals surface area contributed by atoms with E-state index in [4.69, 9.17) is 5.11 Å². The second kappa shape index (κ2) is 2.18. The fourth-order valence-corrected chi connectivity index (χ4v) is 3.19. The lowest BCUT2D eigenvalue weighted by atomic mass is 10.0. The lowest BCUT2D eigenvalue weighted by Gasteiger charge is -2.24. The molecule has 2 fully saturated rings. The number of rotatable bonds is 1. The number of aliphatic hydroxyl groups excluding tert-OH is 1. The molecule has 3 heteroatoms. The molecule has 11 heavy (non-hydrogen) atoms. The molecular weight excluding hydrogens is 157 g/mol. The van der Waals surface area contributed by atoms with Crippen LogP contribution >= 0.6 is 9.39 Å². The molecule has 0 bridgehead atoms. The van der Waals surface area contributed by atoms with Crippen molar-refractivity contribution in [3.05, 3.63) is 0 Å². The third-order valence-corrected chi connectivity index (χ3v) is 4.17. The van der Waals surface area contributed by atoms with Crippen molar-refractivity contribution in [3.63, 3.8) is 0 Å². The first-order chi connectivity index (χ1) is 5.09. The zero-order chi connectivity index (χ0) is 8.22. The normalized spacial score (nSPS) is 47.5. The van der Waals surface area contributed by atoms with Gasteiger partial charge >= 0.3 is 0 Å². The summed E-state index contributed by atoms with van der Waals surface area (Å²) >= 11 is 0. The third-order valence-electron chi connectivity index (χ3n) is 3.57. The Morgan fingerprint density at radius 3 is 2.64 bits per heavy atom. The summed E-state index contributed by atoms with van der Waals surface area (Å²) in [6.07, 6.45) is 0. The van der Waals surface area contributed by atoms with Crippen molar-refractivity contribution in [1.82, 2.24) is 4.67 Å². The first-order valence-corrected chi connectivity index (χ1v) is 4.73. The molecule has 2 aliphatic rings. The Bertz CT molecular complexity index is 183. The van der Waals surface area contributed by atoms with Crippen LogP contribution in [-0.4, -0.2) is 29.0 Å². The van der Waals surface area contributed by atoms with E-state index in [0.717, 1.165) is 18.4 Å². The Labute approximate surface area is 70.2 Å². The van der Waals surface area contributed by atoms with Crippen LogP contribution in [0.2, 0.25) is 0 Å². The molecule has 0 aromatic rings. The van der Waals surface area contributed by atoms with Gasteiger partial charge in [-0.15, -0.1) is 0 Å². The van der Waals surface area contributed by atoms with Gasteiger partial charge in [-0.2, -0.15) is 0 Å². The molecular formula is C8H16NOP. The molecule has 0 aromatic carbocycles. The smallest absolute Gasteiger partial charge is 0.0592 e. The van der Waals surface area contributed by atoms with Gasteiger partial charge < -0.3 is 5.11 Å². The molecule has 0 radical (unpaired) electrons.